The second-order valence-corrected chi connectivity index (χ2v) is 7.09. The maximum absolute atomic E-state index is 11.5. The van der Waals surface area contributed by atoms with Crippen LogP contribution in [-0.2, 0) is 10.8 Å². The molecular weight excluding hydrogens is 280 g/mol. The molecule has 1 aliphatic rings. The van der Waals surface area contributed by atoms with Gasteiger partial charge in [-0.25, -0.2) is 0 Å². The Kier molecular flexibility index (Phi) is 5.39. The Morgan fingerprint density at radius 2 is 1.89 bits per heavy atom. The van der Waals surface area contributed by atoms with Gasteiger partial charge in [-0.15, -0.1) is 0 Å². The summed E-state index contributed by atoms with van der Waals surface area (Å²) >= 11 is 5.95. The van der Waals surface area contributed by atoms with Gasteiger partial charge in [0.15, 0.2) is 0 Å². The summed E-state index contributed by atoms with van der Waals surface area (Å²) in [6, 6.07) is 8.21. The van der Waals surface area contributed by atoms with E-state index in [1.807, 2.05) is 24.3 Å². The molecule has 2 atom stereocenters. The van der Waals surface area contributed by atoms with Crippen LogP contribution in [0, 0.1) is 0 Å². The zero-order chi connectivity index (χ0) is 13.8. The Morgan fingerprint density at radius 3 is 2.42 bits per heavy atom. The quantitative estimate of drug-likeness (QED) is 0.927. The Labute approximate surface area is 122 Å². The van der Waals surface area contributed by atoms with Crippen LogP contribution in [0.2, 0.25) is 5.02 Å². The van der Waals surface area contributed by atoms with E-state index in [4.69, 9.17) is 17.3 Å². The molecule has 2 unspecified atom stereocenters. The molecule has 0 saturated carbocycles. The molecular formula is C14H21ClN2OS. The maximum atomic E-state index is 11.5. The lowest BCUT2D eigenvalue weighted by atomic mass is 9.96. The van der Waals surface area contributed by atoms with Gasteiger partial charge in [0, 0.05) is 52.5 Å². The Bertz CT molecular complexity index is 428. The van der Waals surface area contributed by atoms with E-state index in [9.17, 15) is 4.21 Å². The van der Waals surface area contributed by atoms with Gasteiger partial charge in [0.2, 0.25) is 0 Å². The summed E-state index contributed by atoms with van der Waals surface area (Å²) in [5.41, 5.74) is 7.50. The summed E-state index contributed by atoms with van der Waals surface area (Å²) in [5.74, 6) is 1.50. The van der Waals surface area contributed by atoms with Crippen LogP contribution in [0.5, 0.6) is 0 Å². The average molecular weight is 301 g/mol. The van der Waals surface area contributed by atoms with Crippen molar-refractivity contribution < 1.29 is 4.21 Å². The molecule has 2 rings (SSSR count). The molecule has 0 amide bonds. The van der Waals surface area contributed by atoms with Crippen molar-refractivity contribution in [3.63, 3.8) is 0 Å². The third kappa shape index (κ3) is 3.78. The molecule has 19 heavy (non-hydrogen) atoms. The molecule has 5 heteroatoms. The van der Waals surface area contributed by atoms with Gasteiger partial charge in [0.1, 0.15) is 0 Å². The minimum atomic E-state index is -0.656. The van der Waals surface area contributed by atoms with Crippen molar-refractivity contribution in [1.82, 2.24) is 4.90 Å². The van der Waals surface area contributed by atoms with Gasteiger partial charge in [0.05, 0.1) is 0 Å². The fraction of sp³-hybridized carbons (Fsp3) is 0.571. The molecule has 1 saturated heterocycles. The molecule has 3 nitrogen and oxygen atoms in total. The van der Waals surface area contributed by atoms with Crippen LogP contribution in [0.4, 0.5) is 0 Å². The van der Waals surface area contributed by atoms with Crippen molar-refractivity contribution >= 4 is 22.4 Å². The number of nitrogens with two attached hydrogens (primary N) is 1. The Morgan fingerprint density at radius 1 is 1.32 bits per heavy atom. The molecule has 106 valence electrons. The molecule has 1 fully saturated rings. The molecule has 0 bridgehead atoms. The Hall–Kier alpha value is -0.420. The summed E-state index contributed by atoms with van der Waals surface area (Å²) in [4.78, 5) is 2.36. The predicted molar refractivity (Wildman–Crippen MR) is 81.9 cm³/mol. The number of rotatable bonds is 4. The van der Waals surface area contributed by atoms with Crippen molar-refractivity contribution in [2.45, 2.75) is 25.4 Å². The summed E-state index contributed by atoms with van der Waals surface area (Å²) in [7, 11) is -0.656. The second kappa shape index (κ2) is 6.84. The lowest BCUT2D eigenvalue weighted by Gasteiger charge is -2.37. The van der Waals surface area contributed by atoms with E-state index in [2.05, 4.69) is 11.8 Å². The zero-order valence-corrected chi connectivity index (χ0v) is 12.8. The zero-order valence-electron chi connectivity index (χ0n) is 11.2. The van der Waals surface area contributed by atoms with Gasteiger partial charge in [-0.2, -0.15) is 0 Å². The minimum Gasteiger partial charge on any atom is -0.326 e. The van der Waals surface area contributed by atoms with Gasteiger partial charge in [-0.3, -0.25) is 9.11 Å². The molecule has 0 aromatic heterocycles. The van der Waals surface area contributed by atoms with E-state index in [-0.39, 0.29) is 12.1 Å². The molecule has 1 aromatic carbocycles. The van der Waals surface area contributed by atoms with E-state index in [1.54, 1.807) is 0 Å². The smallest absolute Gasteiger partial charge is 0.0499 e. The van der Waals surface area contributed by atoms with Crippen molar-refractivity contribution in [2.75, 3.05) is 24.6 Å². The van der Waals surface area contributed by atoms with Gasteiger partial charge in [-0.1, -0.05) is 30.7 Å². The highest BCUT2D eigenvalue weighted by Crippen LogP contribution is 2.27. The van der Waals surface area contributed by atoms with E-state index < -0.39 is 10.8 Å². The first kappa shape index (κ1) is 15.0. The van der Waals surface area contributed by atoms with Crippen molar-refractivity contribution in [1.29, 1.82) is 0 Å². The predicted octanol–water partition coefficient (Wildman–Crippen LogP) is 2.18. The van der Waals surface area contributed by atoms with Gasteiger partial charge in [0.25, 0.3) is 0 Å². The van der Waals surface area contributed by atoms with Crippen LogP contribution in [0.1, 0.15) is 24.9 Å². The molecule has 2 N–H and O–H groups in total. The largest absolute Gasteiger partial charge is 0.326 e. The minimum absolute atomic E-state index is 0.0905. The molecule has 1 aliphatic heterocycles. The summed E-state index contributed by atoms with van der Waals surface area (Å²) in [5, 5.41) is 0.743. The van der Waals surface area contributed by atoms with E-state index in [0.717, 1.165) is 36.0 Å². The monoisotopic (exact) mass is 300 g/mol. The third-order valence-electron chi connectivity index (χ3n) is 3.69. The van der Waals surface area contributed by atoms with Crippen LogP contribution >= 0.6 is 11.6 Å². The lowest BCUT2D eigenvalue weighted by molar-refractivity contribution is 0.185. The first-order valence-electron chi connectivity index (χ1n) is 6.72. The van der Waals surface area contributed by atoms with Crippen LogP contribution in [0.25, 0.3) is 0 Å². The third-order valence-corrected chi connectivity index (χ3v) is 5.22. The Balaban J connectivity index is 2.20. The summed E-state index contributed by atoms with van der Waals surface area (Å²) in [6.07, 6.45) is 0.923. The highest BCUT2D eigenvalue weighted by Gasteiger charge is 2.28. The van der Waals surface area contributed by atoms with Crippen LogP contribution < -0.4 is 5.73 Å². The fourth-order valence-corrected chi connectivity index (χ4v) is 3.75. The standard InChI is InChI=1S/C14H21ClN2OS/c1-2-13(16)14(11-3-5-12(15)6-4-11)17-7-9-19(18)10-8-17/h3-6,13-14H,2,7-10,16H2,1H3. The van der Waals surface area contributed by atoms with E-state index >= 15 is 0 Å². The number of hydrogen-bond donors (Lipinski definition) is 1. The van der Waals surface area contributed by atoms with E-state index in [0.29, 0.717) is 0 Å². The van der Waals surface area contributed by atoms with Crippen LogP contribution in [0.3, 0.4) is 0 Å². The van der Waals surface area contributed by atoms with Gasteiger partial charge >= 0.3 is 0 Å². The molecule has 0 radical (unpaired) electrons. The van der Waals surface area contributed by atoms with Crippen molar-refractivity contribution in [3.8, 4) is 0 Å². The molecule has 0 spiro atoms. The first-order chi connectivity index (χ1) is 9.11. The fourth-order valence-electron chi connectivity index (χ4n) is 2.54. The SMILES string of the molecule is CCC(N)C(c1ccc(Cl)cc1)N1CCS(=O)CC1. The summed E-state index contributed by atoms with van der Waals surface area (Å²) < 4.78 is 11.5. The maximum Gasteiger partial charge on any atom is 0.0499 e. The average Bonchev–Trinajstić information content (AvgIpc) is 2.43. The molecule has 0 aliphatic carbocycles. The molecule has 1 aromatic rings. The molecule has 1 heterocycles. The van der Waals surface area contributed by atoms with Crippen LogP contribution in [0.15, 0.2) is 24.3 Å². The number of halogens is 1. The van der Waals surface area contributed by atoms with Crippen molar-refractivity contribution in [3.05, 3.63) is 34.9 Å². The van der Waals surface area contributed by atoms with E-state index in [1.165, 1.54) is 5.56 Å². The number of hydrogen-bond acceptors (Lipinski definition) is 3. The highest BCUT2D eigenvalue weighted by molar-refractivity contribution is 7.85. The van der Waals surface area contributed by atoms with Crippen molar-refractivity contribution in [2.24, 2.45) is 5.73 Å². The topological polar surface area (TPSA) is 46.3 Å². The normalized spacial score (nSPS) is 21.2. The first-order valence-corrected chi connectivity index (χ1v) is 8.58. The van der Waals surface area contributed by atoms with Crippen LogP contribution in [-0.4, -0.2) is 39.7 Å². The number of nitrogens with zero attached hydrogens (tertiary/aromatic N) is 1. The lowest BCUT2D eigenvalue weighted by Crippen LogP contribution is -2.46. The summed E-state index contributed by atoms with van der Waals surface area (Å²) in [6.45, 7) is 3.82. The highest BCUT2D eigenvalue weighted by atomic mass is 35.5. The van der Waals surface area contributed by atoms with Gasteiger partial charge in [-0.05, 0) is 24.1 Å². The number of benzene rings is 1. The second-order valence-electron chi connectivity index (χ2n) is 4.95. The van der Waals surface area contributed by atoms with Gasteiger partial charge < -0.3 is 5.73 Å².